The van der Waals surface area contributed by atoms with Crippen LogP contribution in [0.25, 0.3) is 40.6 Å². The second-order valence-electron chi connectivity index (χ2n) is 6.97. The SMILES string of the molecule is C=c1ccc(Cc2cnc3ccc(-c4ccc5nonc5c4)nn23)c/c1=C/C=C\N. The van der Waals surface area contributed by atoms with Crippen molar-refractivity contribution in [1.29, 1.82) is 0 Å². The minimum absolute atomic E-state index is 0.692. The van der Waals surface area contributed by atoms with Gasteiger partial charge >= 0.3 is 0 Å². The van der Waals surface area contributed by atoms with Gasteiger partial charge in [-0.3, -0.25) is 0 Å². The van der Waals surface area contributed by atoms with Gasteiger partial charge in [0.05, 0.1) is 17.6 Å². The average Bonchev–Trinajstić information content (AvgIpc) is 3.40. The van der Waals surface area contributed by atoms with E-state index in [-0.39, 0.29) is 0 Å². The summed E-state index contributed by atoms with van der Waals surface area (Å²) in [7, 11) is 0. The Morgan fingerprint density at radius 1 is 1.03 bits per heavy atom. The van der Waals surface area contributed by atoms with E-state index >= 15 is 0 Å². The lowest BCUT2D eigenvalue weighted by atomic mass is 10.1. The summed E-state index contributed by atoms with van der Waals surface area (Å²) in [4.78, 5) is 4.50. The Morgan fingerprint density at radius 2 is 1.93 bits per heavy atom. The van der Waals surface area contributed by atoms with Gasteiger partial charge in [-0.1, -0.05) is 36.9 Å². The van der Waals surface area contributed by atoms with E-state index in [1.54, 1.807) is 6.08 Å². The molecule has 146 valence electrons. The summed E-state index contributed by atoms with van der Waals surface area (Å²) in [6.45, 7) is 4.07. The lowest BCUT2D eigenvalue weighted by Crippen LogP contribution is -2.23. The number of aromatic nitrogens is 5. The quantitative estimate of drug-likeness (QED) is 0.502. The molecule has 0 aliphatic heterocycles. The van der Waals surface area contributed by atoms with E-state index in [1.165, 1.54) is 6.20 Å². The molecule has 0 unspecified atom stereocenters. The van der Waals surface area contributed by atoms with Crippen LogP contribution in [0.5, 0.6) is 0 Å². The molecular weight excluding hydrogens is 376 g/mol. The van der Waals surface area contributed by atoms with E-state index in [4.69, 9.17) is 15.5 Å². The van der Waals surface area contributed by atoms with Crippen molar-refractivity contribution < 1.29 is 4.63 Å². The summed E-state index contributed by atoms with van der Waals surface area (Å²) >= 11 is 0. The number of fused-ring (bicyclic) bond motifs is 2. The fourth-order valence-corrected chi connectivity index (χ4v) is 3.41. The first-order valence-electron chi connectivity index (χ1n) is 9.44. The van der Waals surface area contributed by atoms with Crippen molar-refractivity contribution in [1.82, 2.24) is 24.9 Å². The van der Waals surface area contributed by atoms with Crippen molar-refractivity contribution in [3.05, 3.63) is 88.7 Å². The first kappa shape index (κ1) is 17.8. The van der Waals surface area contributed by atoms with Crippen LogP contribution in [0.3, 0.4) is 0 Å². The lowest BCUT2D eigenvalue weighted by Gasteiger charge is -2.05. The van der Waals surface area contributed by atoms with Crippen LogP contribution >= 0.6 is 0 Å². The van der Waals surface area contributed by atoms with Crippen LogP contribution in [0.15, 0.2) is 71.6 Å². The molecule has 7 heteroatoms. The van der Waals surface area contributed by atoms with Gasteiger partial charge in [0.1, 0.15) is 11.0 Å². The van der Waals surface area contributed by atoms with Gasteiger partial charge in [0, 0.05) is 12.0 Å². The molecule has 3 aromatic heterocycles. The van der Waals surface area contributed by atoms with Crippen LogP contribution in [0.2, 0.25) is 0 Å². The molecule has 0 atom stereocenters. The fraction of sp³-hybridized carbons (Fsp3) is 0.0435. The van der Waals surface area contributed by atoms with Gasteiger partial charge in [-0.15, -0.1) is 0 Å². The maximum Gasteiger partial charge on any atom is 0.153 e. The predicted octanol–water partition coefficient (Wildman–Crippen LogP) is 2.19. The summed E-state index contributed by atoms with van der Waals surface area (Å²) in [5, 5.41) is 14.6. The van der Waals surface area contributed by atoms with Gasteiger partial charge in [-0.05, 0) is 62.9 Å². The van der Waals surface area contributed by atoms with Crippen LogP contribution in [0.1, 0.15) is 11.3 Å². The zero-order valence-electron chi connectivity index (χ0n) is 16.1. The van der Waals surface area contributed by atoms with Crippen molar-refractivity contribution in [3.63, 3.8) is 0 Å². The molecule has 2 aromatic carbocycles. The monoisotopic (exact) mass is 394 g/mol. The molecular formula is C23H18N6O. The smallest absolute Gasteiger partial charge is 0.153 e. The van der Waals surface area contributed by atoms with Crippen molar-refractivity contribution >= 4 is 29.3 Å². The maximum atomic E-state index is 5.46. The van der Waals surface area contributed by atoms with E-state index in [1.807, 2.05) is 53.2 Å². The highest BCUT2D eigenvalue weighted by Gasteiger charge is 2.10. The Labute approximate surface area is 171 Å². The lowest BCUT2D eigenvalue weighted by molar-refractivity contribution is 0.315. The number of nitrogens with two attached hydrogens (primary N) is 1. The second kappa shape index (κ2) is 7.29. The number of hydrogen-bond donors (Lipinski definition) is 1. The normalized spacial score (nSPS) is 12.5. The standard InChI is InChI=1S/C23H18N6O/c1-15-4-5-16(11-17(15)3-2-10-24)12-19-14-25-23-9-8-20(26-29(19)23)18-6-7-21-22(13-18)28-30-27-21/h2-11,13-14H,1,12,24H2/b10-2-,17-3-. The second-order valence-corrected chi connectivity index (χ2v) is 6.97. The summed E-state index contributed by atoms with van der Waals surface area (Å²) < 4.78 is 6.66. The van der Waals surface area contributed by atoms with Crippen LogP contribution in [0, 0.1) is 0 Å². The molecule has 0 aliphatic carbocycles. The van der Waals surface area contributed by atoms with E-state index in [9.17, 15) is 0 Å². The van der Waals surface area contributed by atoms with Gasteiger partial charge in [0.25, 0.3) is 0 Å². The molecule has 0 saturated heterocycles. The molecule has 2 N–H and O–H groups in total. The van der Waals surface area contributed by atoms with Gasteiger partial charge in [0.15, 0.2) is 5.65 Å². The number of allylic oxidation sites excluding steroid dienone is 1. The number of rotatable bonds is 4. The highest BCUT2D eigenvalue weighted by Crippen LogP contribution is 2.22. The minimum atomic E-state index is 0.692. The molecule has 7 nitrogen and oxygen atoms in total. The fourth-order valence-electron chi connectivity index (χ4n) is 3.41. The number of hydrogen-bond acceptors (Lipinski definition) is 6. The van der Waals surface area contributed by atoms with Crippen LogP contribution in [-0.2, 0) is 6.42 Å². The molecule has 0 aliphatic rings. The zero-order chi connectivity index (χ0) is 20.5. The van der Waals surface area contributed by atoms with Gasteiger partial charge in [-0.2, -0.15) is 5.10 Å². The number of benzene rings is 2. The van der Waals surface area contributed by atoms with E-state index in [2.05, 4.69) is 34.0 Å². The van der Waals surface area contributed by atoms with E-state index in [0.29, 0.717) is 17.5 Å². The highest BCUT2D eigenvalue weighted by atomic mass is 16.6. The predicted molar refractivity (Wildman–Crippen MR) is 116 cm³/mol. The summed E-state index contributed by atoms with van der Waals surface area (Å²) in [5.74, 6) is 0. The first-order chi connectivity index (χ1) is 14.7. The Morgan fingerprint density at radius 3 is 2.83 bits per heavy atom. The van der Waals surface area contributed by atoms with Gasteiger partial charge < -0.3 is 5.73 Å². The third kappa shape index (κ3) is 3.22. The number of nitrogens with zero attached hydrogens (tertiary/aromatic N) is 5. The summed E-state index contributed by atoms with van der Waals surface area (Å²) in [6, 6.07) is 15.8. The van der Waals surface area contributed by atoms with Crippen molar-refractivity contribution in [2.24, 2.45) is 5.73 Å². The molecule has 3 heterocycles. The highest BCUT2D eigenvalue weighted by molar-refractivity contribution is 5.79. The molecule has 0 fully saturated rings. The average molecular weight is 394 g/mol. The molecule has 0 radical (unpaired) electrons. The Balaban J connectivity index is 1.54. The molecule has 30 heavy (non-hydrogen) atoms. The largest absolute Gasteiger partial charge is 0.405 e. The molecule has 0 amide bonds. The molecule has 0 spiro atoms. The van der Waals surface area contributed by atoms with Crippen LogP contribution < -0.4 is 16.2 Å². The maximum absolute atomic E-state index is 5.46. The minimum Gasteiger partial charge on any atom is -0.405 e. The van der Waals surface area contributed by atoms with E-state index < -0.39 is 0 Å². The summed E-state index contributed by atoms with van der Waals surface area (Å²) in [5.41, 5.74) is 11.6. The molecule has 5 rings (SSSR count). The molecule has 5 aromatic rings. The van der Waals surface area contributed by atoms with Crippen LogP contribution in [-0.4, -0.2) is 24.9 Å². The Hall–Kier alpha value is -4.26. The molecule has 0 bridgehead atoms. The topological polar surface area (TPSA) is 95.1 Å². The molecule has 0 saturated carbocycles. The third-order valence-electron chi connectivity index (χ3n) is 4.96. The van der Waals surface area contributed by atoms with Crippen molar-refractivity contribution in [3.8, 4) is 11.3 Å². The van der Waals surface area contributed by atoms with Crippen molar-refractivity contribution in [2.75, 3.05) is 0 Å². The van der Waals surface area contributed by atoms with Gasteiger partial charge in [0.2, 0.25) is 0 Å². The van der Waals surface area contributed by atoms with E-state index in [0.717, 1.165) is 38.6 Å². The third-order valence-corrected chi connectivity index (χ3v) is 4.96. The van der Waals surface area contributed by atoms with Crippen molar-refractivity contribution in [2.45, 2.75) is 6.42 Å². The summed E-state index contributed by atoms with van der Waals surface area (Å²) in [6.07, 6.45) is 7.81. The number of imidazole rings is 1. The Kier molecular flexibility index (Phi) is 4.33. The Bertz CT molecular complexity index is 1510. The van der Waals surface area contributed by atoms with Gasteiger partial charge in [-0.25, -0.2) is 14.1 Å². The first-order valence-corrected chi connectivity index (χ1v) is 9.44. The van der Waals surface area contributed by atoms with Crippen LogP contribution in [0.4, 0.5) is 0 Å². The zero-order valence-corrected chi connectivity index (χ0v) is 16.1.